The topological polar surface area (TPSA) is 241 Å². The first kappa shape index (κ1) is 30.8. The van der Waals surface area contributed by atoms with E-state index >= 15 is 0 Å². The summed E-state index contributed by atoms with van der Waals surface area (Å²) in [5.74, 6) is 0.532. The predicted molar refractivity (Wildman–Crippen MR) is 163 cm³/mol. The van der Waals surface area contributed by atoms with Crippen molar-refractivity contribution in [1.82, 2.24) is 43.4 Å². The molecule has 0 aliphatic carbocycles. The van der Waals surface area contributed by atoms with Crippen LogP contribution in [0, 0.1) is 0 Å². The maximum atomic E-state index is 12.7. The lowest BCUT2D eigenvalue weighted by atomic mass is 10.2. The standard InChI is InChI=1S/C22H26N10O9P2S2/c23-17-15-18(26-8-25-17)31(9-27-15)14-2-1-11(39-14)6-38-43(36,45)41-13-5-12(7-37-42(34,35)44)40-21(13)32-10-28-16-19(33)29-22-24-3-4-30(22)20(16)32/h3-4,8-14,21H,1-2,5-7H2,(H,36,45)(H2,23,25,26)(H,24,29,33)(H2,34,35,44)/t11-,12-,13+,14+,21+,43?/m0/s1. The molecule has 0 aromatic carbocycles. The normalized spacial score (nSPS) is 26.6. The highest BCUT2D eigenvalue weighted by Crippen LogP contribution is 2.51. The number of hydrogen-bond acceptors (Lipinski definition) is 14. The van der Waals surface area contributed by atoms with Gasteiger partial charge in [-0.2, -0.15) is 0 Å². The van der Waals surface area contributed by atoms with Crippen molar-refractivity contribution in [3.8, 4) is 0 Å². The number of thiol groups is 1. The summed E-state index contributed by atoms with van der Waals surface area (Å²) in [7, 11) is 0. The van der Waals surface area contributed by atoms with Crippen molar-refractivity contribution < 1.29 is 37.4 Å². The lowest BCUT2D eigenvalue weighted by molar-refractivity contribution is -0.0473. The summed E-state index contributed by atoms with van der Waals surface area (Å²) >= 11 is 8.92. The van der Waals surface area contributed by atoms with Crippen molar-refractivity contribution in [3.63, 3.8) is 0 Å². The number of H-pyrrole nitrogens is 1. The number of nitrogens with zero attached hydrogens (tertiary/aromatic N) is 8. The van der Waals surface area contributed by atoms with Gasteiger partial charge in [-0.1, -0.05) is 12.2 Å². The van der Waals surface area contributed by atoms with Gasteiger partial charge < -0.3 is 34.0 Å². The van der Waals surface area contributed by atoms with E-state index < -0.39 is 49.8 Å². The fourth-order valence-electron chi connectivity index (χ4n) is 5.48. The molecule has 19 nitrogen and oxygen atoms in total. The second kappa shape index (κ2) is 11.8. The molecule has 45 heavy (non-hydrogen) atoms. The van der Waals surface area contributed by atoms with Crippen molar-refractivity contribution in [2.24, 2.45) is 0 Å². The number of anilines is 1. The highest BCUT2D eigenvalue weighted by Gasteiger charge is 2.42. The Kier molecular flexibility index (Phi) is 8.06. The van der Waals surface area contributed by atoms with E-state index in [9.17, 15) is 19.1 Å². The smallest absolute Gasteiger partial charge is 0.382 e. The zero-order valence-corrected chi connectivity index (χ0v) is 26.5. The Bertz CT molecular complexity index is 2050. The van der Waals surface area contributed by atoms with Gasteiger partial charge in [-0.05, 0) is 24.6 Å². The predicted octanol–water partition coefficient (Wildman–Crippen LogP) is 1.42. The van der Waals surface area contributed by atoms with Crippen molar-refractivity contribution in [1.29, 1.82) is 0 Å². The van der Waals surface area contributed by atoms with Gasteiger partial charge in [0.05, 0.1) is 38.1 Å². The summed E-state index contributed by atoms with van der Waals surface area (Å²) in [5, 5.41) is 0. The highest BCUT2D eigenvalue weighted by atomic mass is 32.7. The summed E-state index contributed by atoms with van der Waals surface area (Å²) in [5.41, 5.74) is 6.86. The first-order chi connectivity index (χ1) is 21.5. The van der Waals surface area contributed by atoms with Crippen LogP contribution in [0.4, 0.5) is 5.82 Å². The summed E-state index contributed by atoms with van der Waals surface area (Å²) in [6.45, 7) is -8.40. The Labute approximate surface area is 262 Å². The maximum absolute atomic E-state index is 12.7. The van der Waals surface area contributed by atoms with Crippen molar-refractivity contribution in [2.45, 2.75) is 50.0 Å². The maximum Gasteiger partial charge on any atom is 0.383 e. The Morgan fingerprint density at radius 1 is 1.07 bits per heavy atom. The third kappa shape index (κ3) is 6.18. The second-order valence-corrected chi connectivity index (χ2v) is 15.9. The molecular formula is C22H26N10O9P2S2. The highest BCUT2D eigenvalue weighted by molar-refractivity contribution is 8.44. The van der Waals surface area contributed by atoms with Crippen LogP contribution in [0.5, 0.6) is 0 Å². The zero-order valence-electron chi connectivity index (χ0n) is 23.0. The summed E-state index contributed by atoms with van der Waals surface area (Å²) in [6, 6.07) is 0. The minimum Gasteiger partial charge on any atom is -0.382 e. The van der Waals surface area contributed by atoms with Crippen LogP contribution in [0.2, 0.25) is 0 Å². The second-order valence-electron chi connectivity index (χ2n) is 10.4. The van der Waals surface area contributed by atoms with E-state index in [1.54, 1.807) is 21.5 Å². The monoisotopic (exact) mass is 700 g/mol. The number of fused-ring (bicyclic) bond motifs is 4. The van der Waals surface area contributed by atoms with Gasteiger partial charge in [-0.25, -0.2) is 29.5 Å². The van der Waals surface area contributed by atoms with Crippen molar-refractivity contribution >= 4 is 71.5 Å². The number of rotatable bonds is 10. The number of imidazole rings is 3. The van der Waals surface area contributed by atoms with Gasteiger partial charge in [0, 0.05) is 18.8 Å². The summed E-state index contributed by atoms with van der Waals surface area (Å²) < 4.78 is 45.4. The lowest BCUT2D eigenvalue weighted by Crippen LogP contribution is -2.24. The molecule has 2 aliphatic heterocycles. The fraction of sp³-hybridized carbons (Fsp3) is 0.455. The Morgan fingerprint density at radius 3 is 2.67 bits per heavy atom. The number of nitrogens with two attached hydrogens (primary N) is 1. The number of nitrogen functional groups attached to an aromatic ring is 1. The molecule has 0 radical (unpaired) electrons. The first-order valence-electron chi connectivity index (χ1n) is 13.5. The van der Waals surface area contributed by atoms with E-state index in [1.165, 1.54) is 23.4 Å². The Balaban J connectivity index is 1.08. The van der Waals surface area contributed by atoms with E-state index in [4.69, 9.17) is 40.6 Å². The van der Waals surface area contributed by atoms with E-state index in [-0.39, 0.29) is 36.7 Å². The van der Waals surface area contributed by atoms with Crippen LogP contribution in [0.15, 0.2) is 36.2 Å². The minimum atomic E-state index is -4.12. The minimum absolute atomic E-state index is 0.0643. The van der Waals surface area contributed by atoms with E-state index in [0.29, 0.717) is 29.7 Å². The van der Waals surface area contributed by atoms with Crippen LogP contribution in [0.25, 0.3) is 28.1 Å². The summed E-state index contributed by atoms with van der Waals surface area (Å²) in [4.78, 5) is 56.8. The van der Waals surface area contributed by atoms with Crippen LogP contribution in [0.1, 0.15) is 31.7 Å². The van der Waals surface area contributed by atoms with Crippen LogP contribution in [-0.4, -0.2) is 84.8 Å². The van der Waals surface area contributed by atoms with Gasteiger partial charge in [-0.3, -0.25) is 27.8 Å². The quantitative estimate of drug-likeness (QED) is 0.102. The molecule has 2 saturated heterocycles. The first-order valence-corrected chi connectivity index (χ1v) is 18.8. The fourth-order valence-corrected chi connectivity index (χ4v) is 7.51. The Morgan fingerprint density at radius 2 is 1.84 bits per heavy atom. The van der Waals surface area contributed by atoms with Gasteiger partial charge in [0.2, 0.25) is 5.78 Å². The zero-order chi connectivity index (χ0) is 31.5. The van der Waals surface area contributed by atoms with E-state index in [1.807, 2.05) is 0 Å². The van der Waals surface area contributed by atoms with Gasteiger partial charge in [0.15, 0.2) is 28.9 Å². The molecule has 7 atom stereocenters. The lowest BCUT2D eigenvalue weighted by Gasteiger charge is -2.25. The molecule has 5 aromatic rings. The molecule has 7 rings (SSSR count). The molecule has 5 N–H and O–H groups in total. The van der Waals surface area contributed by atoms with Gasteiger partial charge in [0.25, 0.3) is 5.56 Å². The number of nitrogens with one attached hydrogen (secondary N) is 1. The largest absolute Gasteiger partial charge is 0.383 e. The number of ether oxygens (including phenoxy) is 2. The summed E-state index contributed by atoms with van der Waals surface area (Å²) in [6.07, 6.45) is 5.21. The molecule has 0 spiro atoms. The van der Waals surface area contributed by atoms with Crippen LogP contribution >= 0.6 is 25.8 Å². The molecule has 5 aromatic heterocycles. The third-order valence-electron chi connectivity index (χ3n) is 7.40. The molecule has 0 saturated carbocycles. The SMILES string of the molecule is Nc1ncnc2c1ncn2[C@H]1CC[C@@H](COP(O)(=S)O[C@@H]2C[C@@H](COP(=O)(O)S)O[C@H]2n2cnc3c(=O)[nH]c4nccn4c32)O1. The average Bonchev–Trinajstić information content (AvgIpc) is 3.80. The van der Waals surface area contributed by atoms with Gasteiger partial charge >= 0.3 is 13.5 Å². The molecule has 0 bridgehead atoms. The van der Waals surface area contributed by atoms with Crippen LogP contribution in [-0.2, 0) is 39.4 Å². The van der Waals surface area contributed by atoms with Crippen LogP contribution < -0.4 is 11.3 Å². The third-order valence-corrected chi connectivity index (χ3v) is 9.82. The molecule has 2 aliphatic rings. The molecule has 7 heterocycles. The molecule has 23 heteroatoms. The van der Waals surface area contributed by atoms with Crippen molar-refractivity contribution in [3.05, 3.63) is 41.7 Å². The molecule has 2 unspecified atom stereocenters. The average molecular weight is 701 g/mol. The van der Waals surface area contributed by atoms with Crippen LogP contribution in [0.3, 0.4) is 0 Å². The van der Waals surface area contributed by atoms with E-state index in [0.717, 1.165) is 0 Å². The molecule has 2 fully saturated rings. The molecule has 0 amide bonds. The number of aromatic nitrogens is 9. The van der Waals surface area contributed by atoms with Crippen molar-refractivity contribution in [2.75, 3.05) is 18.9 Å². The molecule has 240 valence electrons. The number of hydrogen-bond donors (Lipinski definition) is 5. The van der Waals surface area contributed by atoms with Gasteiger partial charge in [0.1, 0.15) is 24.2 Å². The number of aromatic amines is 1. The molecular weight excluding hydrogens is 674 g/mol. The van der Waals surface area contributed by atoms with Gasteiger partial charge in [-0.15, -0.1) is 0 Å². The van der Waals surface area contributed by atoms with E-state index in [2.05, 4.69) is 42.2 Å². The Hall–Kier alpha value is -2.81.